The van der Waals surface area contributed by atoms with Crippen LogP contribution >= 0.6 is 0 Å². The summed E-state index contributed by atoms with van der Waals surface area (Å²) in [6.07, 6.45) is 4.03. The van der Waals surface area contributed by atoms with Crippen molar-refractivity contribution in [2.75, 3.05) is 11.5 Å². The van der Waals surface area contributed by atoms with E-state index in [-0.39, 0.29) is 0 Å². The van der Waals surface area contributed by atoms with Gasteiger partial charge >= 0.3 is 5.97 Å². The Bertz CT molecular complexity index is 1470. The molecule has 0 amide bonds. The van der Waals surface area contributed by atoms with Crippen molar-refractivity contribution in [2.45, 2.75) is 78.5 Å². The number of imidazole rings is 1. The van der Waals surface area contributed by atoms with Crippen LogP contribution in [0.1, 0.15) is 85.1 Å². The number of benzene rings is 2. The SMILES string of the molecule is CCCOC(=O)c1c(C(C)(C)O)nc(CCC)n1Cc1ccc2c(c1)CCc1ccccc1N2Cc1nn[nH]n1. The number of hydrogen-bond donors (Lipinski definition) is 2. The van der Waals surface area contributed by atoms with E-state index in [1.807, 2.05) is 11.5 Å². The Labute approximate surface area is 234 Å². The summed E-state index contributed by atoms with van der Waals surface area (Å²) in [6, 6.07) is 14.9. The second kappa shape index (κ2) is 11.6. The van der Waals surface area contributed by atoms with Gasteiger partial charge in [-0.1, -0.05) is 49.4 Å². The number of ether oxygens (including phenoxy) is 1. The number of hydrogen-bond acceptors (Lipinski definition) is 8. The fraction of sp³-hybridized carbons (Fsp3) is 0.433. The number of nitrogens with one attached hydrogen (secondary N) is 1. The van der Waals surface area contributed by atoms with Crippen LogP contribution in [-0.2, 0) is 42.7 Å². The highest BCUT2D eigenvalue weighted by Gasteiger charge is 2.32. The first-order chi connectivity index (χ1) is 19.3. The molecule has 1 aliphatic rings. The molecule has 0 saturated heterocycles. The van der Waals surface area contributed by atoms with Gasteiger partial charge in [-0.3, -0.25) is 0 Å². The quantitative estimate of drug-likeness (QED) is 0.278. The standard InChI is InChI=1S/C30H37N7O3/c1-5-9-26-31-28(30(3,4)39)27(29(38)40-16-6-2)37(26)18-20-12-15-24-22(17-20)14-13-21-10-7-8-11-23(21)36(24)19-25-32-34-35-33-25/h7-8,10-12,15,17,39H,5-6,9,13-14,16,18-19H2,1-4H3,(H,32,33,34,35). The first-order valence-corrected chi connectivity index (χ1v) is 14.0. The van der Waals surface area contributed by atoms with Gasteiger partial charge in [0.15, 0.2) is 11.5 Å². The Hall–Kier alpha value is -4.05. The van der Waals surface area contributed by atoms with E-state index in [0.29, 0.717) is 49.8 Å². The van der Waals surface area contributed by atoms with Crippen molar-refractivity contribution < 1.29 is 14.6 Å². The molecule has 0 unspecified atom stereocenters. The summed E-state index contributed by atoms with van der Waals surface area (Å²) in [4.78, 5) is 20.3. The number of nitrogens with zero attached hydrogens (tertiary/aromatic N) is 6. The Morgan fingerprint density at radius 2 is 1.82 bits per heavy atom. The lowest BCUT2D eigenvalue weighted by molar-refractivity contribution is 0.0450. The third kappa shape index (κ3) is 5.62. The third-order valence-electron chi connectivity index (χ3n) is 7.14. The van der Waals surface area contributed by atoms with Gasteiger partial charge in [0.1, 0.15) is 17.1 Å². The minimum Gasteiger partial charge on any atom is -0.461 e. The van der Waals surface area contributed by atoms with Crippen molar-refractivity contribution in [2.24, 2.45) is 0 Å². The highest BCUT2D eigenvalue weighted by molar-refractivity contribution is 5.89. The van der Waals surface area contributed by atoms with Crippen molar-refractivity contribution in [1.29, 1.82) is 0 Å². The monoisotopic (exact) mass is 543 g/mol. The summed E-state index contributed by atoms with van der Waals surface area (Å²) in [5, 5.41) is 25.6. The van der Waals surface area contributed by atoms with Crippen LogP contribution in [0.25, 0.3) is 0 Å². The van der Waals surface area contributed by atoms with Gasteiger partial charge in [0.2, 0.25) is 0 Å². The van der Waals surface area contributed by atoms with Gasteiger partial charge in [-0.15, -0.1) is 10.2 Å². The molecule has 0 saturated carbocycles. The second-order valence-electron chi connectivity index (χ2n) is 10.8. The summed E-state index contributed by atoms with van der Waals surface area (Å²) in [7, 11) is 0. The van der Waals surface area contributed by atoms with Gasteiger partial charge in [0.05, 0.1) is 13.2 Å². The number of carbonyl (C=O) groups is 1. The summed E-state index contributed by atoms with van der Waals surface area (Å²) in [6.45, 7) is 8.60. The normalized spacial score (nSPS) is 13.1. The summed E-state index contributed by atoms with van der Waals surface area (Å²) >= 11 is 0. The lowest BCUT2D eigenvalue weighted by atomic mass is 10.0. The molecule has 2 aromatic heterocycles. The highest BCUT2D eigenvalue weighted by atomic mass is 16.5. The smallest absolute Gasteiger partial charge is 0.357 e. The molecule has 0 fully saturated rings. The fourth-order valence-electron chi connectivity index (χ4n) is 5.31. The van der Waals surface area contributed by atoms with Crippen molar-refractivity contribution in [1.82, 2.24) is 30.2 Å². The lowest BCUT2D eigenvalue weighted by Crippen LogP contribution is -2.23. The Morgan fingerprint density at radius 1 is 1.05 bits per heavy atom. The van der Waals surface area contributed by atoms with Crippen molar-refractivity contribution in [3.05, 3.63) is 82.2 Å². The van der Waals surface area contributed by atoms with Gasteiger partial charge in [0, 0.05) is 24.3 Å². The molecule has 10 nitrogen and oxygen atoms in total. The number of para-hydroxylation sites is 1. The second-order valence-corrected chi connectivity index (χ2v) is 10.8. The zero-order chi connectivity index (χ0) is 28.3. The van der Waals surface area contributed by atoms with Crippen molar-refractivity contribution in [3.8, 4) is 0 Å². The maximum atomic E-state index is 13.3. The molecule has 0 bridgehead atoms. The number of rotatable bonds is 10. The molecule has 40 heavy (non-hydrogen) atoms. The Balaban J connectivity index is 1.55. The average molecular weight is 544 g/mol. The van der Waals surface area contributed by atoms with E-state index in [1.165, 1.54) is 11.1 Å². The van der Waals surface area contributed by atoms with Crippen LogP contribution in [-0.4, -0.2) is 47.9 Å². The number of aryl methyl sites for hydroxylation is 3. The fourth-order valence-corrected chi connectivity index (χ4v) is 5.31. The number of aromatic amines is 1. The molecule has 2 aromatic carbocycles. The van der Waals surface area contributed by atoms with E-state index in [4.69, 9.17) is 9.72 Å². The van der Waals surface area contributed by atoms with Crippen LogP contribution in [0.15, 0.2) is 42.5 Å². The van der Waals surface area contributed by atoms with Crippen LogP contribution in [0.4, 0.5) is 11.4 Å². The number of fused-ring (bicyclic) bond motifs is 2. The first-order valence-electron chi connectivity index (χ1n) is 14.0. The molecule has 5 rings (SSSR count). The predicted octanol–water partition coefficient (Wildman–Crippen LogP) is 4.63. The molecule has 0 radical (unpaired) electrons. The molecule has 0 spiro atoms. The third-order valence-corrected chi connectivity index (χ3v) is 7.14. The first kappa shape index (κ1) is 27.5. The molecule has 0 atom stereocenters. The largest absolute Gasteiger partial charge is 0.461 e. The zero-order valence-corrected chi connectivity index (χ0v) is 23.6. The van der Waals surface area contributed by atoms with Crippen LogP contribution in [0.2, 0.25) is 0 Å². The van der Waals surface area contributed by atoms with Gasteiger partial charge in [0.25, 0.3) is 0 Å². The summed E-state index contributed by atoms with van der Waals surface area (Å²) in [5.41, 5.74) is 5.13. The predicted molar refractivity (Wildman–Crippen MR) is 151 cm³/mol. The number of tetrazole rings is 1. The molecular weight excluding hydrogens is 506 g/mol. The number of esters is 1. The summed E-state index contributed by atoms with van der Waals surface area (Å²) in [5.74, 6) is 0.929. The molecule has 210 valence electrons. The Morgan fingerprint density at radius 3 is 2.55 bits per heavy atom. The van der Waals surface area contributed by atoms with Crippen molar-refractivity contribution in [3.63, 3.8) is 0 Å². The minimum absolute atomic E-state index is 0.314. The van der Waals surface area contributed by atoms with E-state index in [0.717, 1.165) is 42.0 Å². The molecular formula is C30H37N7O3. The molecule has 4 aromatic rings. The molecule has 0 aliphatic carbocycles. The lowest BCUT2D eigenvalue weighted by Gasteiger charge is -2.26. The maximum absolute atomic E-state index is 13.3. The van der Waals surface area contributed by atoms with Crippen molar-refractivity contribution >= 4 is 17.3 Å². The van der Waals surface area contributed by atoms with Crippen LogP contribution in [0, 0.1) is 0 Å². The van der Waals surface area contributed by atoms with E-state index in [2.05, 4.69) is 74.9 Å². The molecule has 3 heterocycles. The van der Waals surface area contributed by atoms with E-state index < -0.39 is 11.6 Å². The van der Waals surface area contributed by atoms with Crippen LogP contribution in [0.3, 0.4) is 0 Å². The number of carbonyl (C=O) groups excluding carboxylic acids is 1. The number of aliphatic hydroxyl groups is 1. The zero-order valence-electron chi connectivity index (χ0n) is 23.6. The number of H-pyrrole nitrogens is 1. The van der Waals surface area contributed by atoms with Gasteiger partial charge in [-0.2, -0.15) is 5.21 Å². The topological polar surface area (TPSA) is 122 Å². The van der Waals surface area contributed by atoms with Crippen LogP contribution in [0.5, 0.6) is 0 Å². The van der Waals surface area contributed by atoms with Gasteiger partial charge < -0.3 is 19.3 Å². The van der Waals surface area contributed by atoms with Gasteiger partial charge in [-0.05, 0) is 68.4 Å². The number of aromatic nitrogens is 6. The molecule has 10 heteroatoms. The van der Waals surface area contributed by atoms with E-state index >= 15 is 0 Å². The summed E-state index contributed by atoms with van der Waals surface area (Å²) < 4.78 is 7.48. The minimum atomic E-state index is -1.29. The molecule has 2 N–H and O–H groups in total. The highest BCUT2D eigenvalue weighted by Crippen LogP contribution is 2.37. The molecule has 1 aliphatic heterocycles. The van der Waals surface area contributed by atoms with E-state index in [1.54, 1.807) is 13.8 Å². The average Bonchev–Trinajstić information content (AvgIpc) is 3.54. The number of anilines is 2. The van der Waals surface area contributed by atoms with Crippen LogP contribution < -0.4 is 4.90 Å². The maximum Gasteiger partial charge on any atom is 0.357 e. The van der Waals surface area contributed by atoms with Gasteiger partial charge in [-0.25, -0.2) is 9.78 Å². The van der Waals surface area contributed by atoms with E-state index in [9.17, 15) is 9.90 Å². The Kier molecular flexibility index (Phi) is 7.97.